The van der Waals surface area contributed by atoms with E-state index in [1.54, 1.807) is 23.5 Å². The standard InChI is InChI=1S/C16H19BrN2O3S3/c17-14-3-4-15(24-14)25(21,22)19-9-6-12(7-10-19)16(20)18-8-5-13-2-1-11-23-13/h1-4,11-12H,5-10H2,(H,18,20). The number of thiophene rings is 2. The average molecular weight is 463 g/mol. The van der Waals surface area contributed by atoms with Crippen LogP contribution in [0, 0.1) is 5.92 Å². The van der Waals surface area contributed by atoms with Crippen LogP contribution >= 0.6 is 38.6 Å². The number of hydrogen-bond acceptors (Lipinski definition) is 5. The van der Waals surface area contributed by atoms with E-state index in [4.69, 9.17) is 0 Å². The molecular weight excluding hydrogens is 444 g/mol. The fraction of sp³-hybridized carbons (Fsp3) is 0.438. The van der Waals surface area contributed by atoms with Gasteiger partial charge in [-0.2, -0.15) is 4.31 Å². The van der Waals surface area contributed by atoms with Crippen molar-refractivity contribution < 1.29 is 13.2 Å². The van der Waals surface area contributed by atoms with Crippen LogP contribution in [0.4, 0.5) is 0 Å². The Morgan fingerprint density at radius 1 is 1.28 bits per heavy atom. The number of carbonyl (C=O) groups excluding carboxylic acids is 1. The largest absolute Gasteiger partial charge is 0.355 e. The molecule has 0 radical (unpaired) electrons. The first kappa shape index (κ1) is 19.0. The molecule has 0 bridgehead atoms. The fourth-order valence-corrected chi connectivity index (χ4v) is 7.17. The average Bonchev–Trinajstić information content (AvgIpc) is 3.27. The number of amides is 1. The summed E-state index contributed by atoms with van der Waals surface area (Å²) in [5, 5.41) is 5.00. The third-order valence-electron chi connectivity index (χ3n) is 4.22. The molecule has 3 rings (SSSR count). The van der Waals surface area contributed by atoms with E-state index in [1.165, 1.54) is 20.5 Å². The Balaban J connectivity index is 1.48. The second-order valence-electron chi connectivity index (χ2n) is 5.86. The van der Waals surface area contributed by atoms with E-state index in [2.05, 4.69) is 27.3 Å². The van der Waals surface area contributed by atoms with Gasteiger partial charge in [0.15, 0.2) is 0 Å². The van der Waals surface area contributed by atoms with Crippen molar-refractivity contribution in [2.45, 2.75) is 23.5 Å². The van der Waals surface area contributed by atoms with Crippen LogP contribution in [0.15, 0.2) is 37.6 Å². The summed E-state index contributed by atoms with van der Waals surface area (Å²) in [6.45, 7) is 1.41. The van der Waals surface area contributed by atoms with Gasteiger partial charge in [-0.15, -0.1) is 22.7 Å². The van der Waals surface area contributed by atoms with Gasteiger partial charge < -0.3 is 5.32 Å². The van der Waals surface area contributed by atoms with E-state index in [-0.39, 0.29) is 11.8 Å². The number of nitrogens with one attached hydrogen (secondary N) is 1. The maximum absolute atomic E-state index is 12.6. The molecular formula is C16H19BrN2O3S3. The molecule has 1 aliphatic rings. The van der Waals surface area contributed by atoms with Crippen molar-refractivity contribution in [3.05, 3.63) is 38.3 Å². The SMILES string of the molecule is O=C(NCCc1cccs1)C1CCN(S(=O)(=O)c2ccc(Br)s2)CC1. The molecule has 1 aliphatic heterocycles. The second kappa shape index (κ2) is 8.30. The zero-order valence-corrected chi connectivity index (χ0v) is 17.5. The Hall–Kier alpha value is -0.740. The smallest absolute Gasteiger partial charge is 0.252 e. The molecule has 0 spiro atoms. The number of halogens is 1. The third-order valence-corrected chi connectivity index (χ3v) is 9.14. The monoisotopic (exact) mass is 462 g/mol. The van der Waals surface area contributed by atoms with Crippen molar-refractivity contribution in [2.75, 3.05) is 19.6 Å². The van der Waals surface area contributed by atoms with Gasteiger partial charge in [-0.05, 0) is 58.8 Å². The van der Waals surface area contributed by atoms with Gasteiger partial charge in [0, 0.05) is 30.4 Å². The van der Waals surface area contributed by atoms with Gasteiger partial charge in [0.1, 0.15) is 4.21 Å². The van der Waals surface area contributed by atoms with Crippen molar-refractivity contribution in [1.29, 1.82) is 0 Å². The van der Waals surface area contributed by atoms with Crippen LogP contribution in [0.2, 0.25) is 0 Å². The molecule has 1 amide bonds. The molecule has 136 valence electrons. The van der Waals surface area contributed by atoms with Crippen LogP contribution in [-0.4, -0.2) is 38.3 Å². The lowest BCUT2D eigenvalue weighted by Crippen LogP contribution is -2.43. The molecule has 3 heterocycles. The lowest BCUT2D eigenvalue weighted by atomic mass is 9.97. The minimum absolute atomic E-state index is 0.0347. The van der Waals surface area contributed by atoms with Gasteiger partial charge in [-0.1, -0.05) is 6.07 Å². The van der Waals surface area contributed by atoms with Gasteiger partial charge in [0.2, 0.25) is 5.91 Å². The molecule has 0 aromatic carbocycles. The summed E-state index contributed by atoms with van der Waals surface area (Å²) in [6, 6.07) is 7.42. The zero-order chi connectivity index (χ0) is 17.9. The summed E-state index contributed by atoms with van der Waals surface area (Å²) >= 11 is 6.20. The summed E-state index contributed by atoms with van der Waals surface area (Å²) in [4.78, 5) is 13.5. The van der Waals surface area contributed by atoms with E-state index in [0.29, 0.717) is 36.7 Å². The van der Waals surface area contributed by atoms with Crippen LogP contribution in [0.5, 0.6) is 0 Å². The van der Waals surface area contributed by atoms with Crippen LogP contribution in [0.3, 0.4) is 0 Å². The zero-order valence-electron chi connectivity index (χ0n) is 13.5. The molecule has 0 aliphatic carbocycles. The molecule has 1 fully saturated rings. The first-order valence-electron chi connectivity index (χ1n) is 8.02. The van der Waals surface area contributed by atoms with Crippen molar-refractivity contribution in [1.82, 2.24) is 9.62 Å². The molecule has 1 saturated heterocycles. The maximum atomic E-state index is 12.6. The molecule has 1 N–H and O–H groups in total. The molecule has 2 aromatic heterocycles. The molecule has 9 heteroatoms. The highest BCUT2D eigenvalue weighted by molar-refractivity contribution is 9.11. The van der Waals surface area contributed by atoms with Crippen LogP contribution in [-0.2, 0) is 21.2 Å². The Morgan fingerprint density at radius 3 is 2.64 bits per heavy atom. The summed E-state index contributed by atoms with van der Waals surface area (Å²) in [5.74, 6) is -0.0719. The predicted molar refractivity (Wildman–Crippen MR) is 105 cm³/mol. The van der Waals surface area contributed by atoms with Crippen molar-refractivity contribution in [3.8, 4) is 0 Å². The normalized spacial score (nSPS) is 16.8. The topological polar surface area (TPSA) is 66.5 Å². The number of hydrogen-bond donors (Lipinski definition) is 1. The molecule has 0 unspecified atom stereocenters. The van der Waals surface area contributed by atoms with Crippen molar-refractivity contribution in [3.63, 3.8) is 0 Å². The van der Waals surface area contributed by atoms with Crippen molar-refractivity contribution >= 4 is 54.5 Å². The summed E-state index contributed by atoms with van der Waals surface area (Å²) in [7, 11) is -3.45. The Kier molecular flexibility index (Phi) is 6.32. The third kappa shape index (κ3) is 4.71. The van der Waals surface area contributed by atoms with Crippen LogP contribution in [0.1, 0.15) is 17.7 Å². The molecule has 5 nitrogen and oxygen atoms in total. The number of carbonyl (C=O) groups is 1. The highest BCUT2D eigenvalue weighted by atomic mass is 79.9. The first-order chi connectivity index (χ1) is 12.0. The highest BCUT2D eigenvalue weighted by Crippen LogP contribution is 2.30. The predicted octanol–water partition coefficient (Wildman–Crippen LogP) is 3.33. The van der Waals surface area contributed by atoms with E-state index in [9.17, 15) is 13.2 Å². The van der Waals surface area contributed by atoms with Gasteiger partial charge >= 0.3 is 0 Å². The maximum Gasteiger partial charge on any atom is 0.252 e. The van der Waals surface area contributed by atoms with E-state index >= 15 is 0 Å². The number of rotatable bonds is 6. The van der Waals surface area contributed by atoms with Gasteiger partial charge in [-0.3, -0.25) is 4.79 Å². The first-order valence-corrected chi connectivity index (χ1v) is 12.0. The Morgan fingerprint density at radius 2 is 2.04 bits per heavy atom. The van der Waals surface area contributed by atoms with Crippen LogP contribution in [0.25, 0.3) is 0 Å². The molecule has 25 heavy (non-hydrogen) atoms. The number of nitrogens with zero attached hydrogens (tertiary/aromatic N) is 1. The molecule has 2 aromatic rings. The van der Waals surface area contributed by atoms with Gasteiger partial charge in [0.25, 0.3) is 10.0 Å². The summed E-state index contributed by atoms with van der Waals surface area (Å²) in [6.07, 6.45) is 1.97. The van der Waals surface area contributed by atoms with Crippen LogP contribution < -0.4 is 5.32 Å². The minimum atomic E-state index is -3.45. The minimum Gasteiger partial charge on any atom is -0.355 e. The fourth-order valence-electron chi connectivity index (χ4n) is 2.83. The second-order valence-corrected chi connectivity index (χ2v) is 11.5. The summed E-state index contributed by atoms with van der Waals surface area (Å²) < 4.78 is 27.8. The lowest BCUT2D eigenvalue weighted by molar-refractivity contribution is -0.126. The highest BCUT2D eigenvalue weighted by Gasteiger charge is 2.32. The van der Waals surface area contributed by atoms with E-state index < -0.39 is 10.0 Å². The molecule has 0 atom stereocenters. The number of piperidine rings is 1. The van der Waals surface area contributed by atoms with Crippen molar-refractivity contribution in [2.24, 2.45) is 5.92 Å². The number of sulfonamides is 1. The molecule has 0 saturated carbocycles. The quantitative estimate of drug-likeness (QED) is 0.715. The van der Waals surface area contributed by atoms with Gasteiger partial charge in [-0.25, -0.2) is 8.42 Å². The van der Waals surface area contributed by atoms with Gasteiger partial charge in [0.05, 0.1) is 3.79 Å². The Labute approximate surface area is 164 Å². The van der Waals surface area contributed by atoms with E-state index in [0.717, 1.165) is 10.2 Å². The summed E-state index contributed by atoms with van der Waals surface area (Å²) in [5.41, 5.74) is 0. The Bertz CT molecular complexity index is 810. The lowest BCUT2D eigenvalue weighted by Gasteiger charge is -2.30. The van der Waals surface area contributed by atoms with E-state index in [1.807, 2.05) is 11.4 Å².